The second-order valence-electron chi connectivity index (χ2n) is 6.94. The molecule has 0 spiro atoms. The van der Waals surface area contributed by atoms with Crippen LogP contribution in [0.2, 0.25) is 0 Å². The van der Waals surface area contributed by atoms with E-state index in [9.17, 15) is 13.2 Å². The van der Waals surface area contributed by atoms with E-state index in [2.05, 4.69) is 4.90 Å². The van der Waals surface area contributed by atoms with Gasteiger partial charge in [-0.3, -0.25) is 9.69 Å². The number of benzene rings is 2. The summed E-state index contributed by atoms with van der Waals surface area (Å²) in [5.41, 5.74) is 1.40. The van der Waals surface area contributed by atoms with E-state index in [0.717, 1.165) is 17.1 Å². The van der Waals surface area contributed by atoms with Gasteiger partial charge in [-0.2, -0.15) is 4.31 Å². The molecule has 2 aromatic rings. The summed E-state index contributed by atoms with van der Waals surface area (Å²) in [6.07, 6.45) is 0. The van der Waals surface area contributed by atoms with E-state index in [0.29, 0.717) is 38.3 Å². The van der Waals surface area contributed by atoms with Crippen LogP contribution in [-0.2, 0) is 16.6 Å². The minimum atomic E-state index is -3.63. The van der Waals surface area contributed by atoms with Crippen molar-refractivity contribution < 1.29 is 22.7 Å². The fourth-order valence-corrected chi connectivity index (χ4v) is 4.87. The molecule has 7 nitrogen and oxygen atoms in total. The van der Waals surface area contributed by atoms with Crippen LogP contribution < -0.4 is 9.47 Å². The molecule has 0 saturated carbocycles. The van der Waals surface area contributed by atoms with Gasteiger partial charge >= 0.3 is 0 Å². The number of nitrogens with zero attached hydrogens (tertiary/aromatic N) is 2. The predicted octanol–water partition coefficient (Wildman–Crippen LogP) is 2.41. The fourth-order valence-electron chi connectivity index (χ4n) is 3.40. The van der Waals surface area contributed by atoms with Gasteiger partial charge in [0.1, 0.15) is 11.5 Å². The first-order valence-corrected chi connectivity index (χ1v) is 10.8. The van der Waals surface area contributed by atoms with Gasteiger partial charge in [0.2, 0.25) is 10.0 Å². The van der Waals surface area contributed by atoms with E-state index in [1.165, 1.54) is 23.4 Å². The van der Waals surface area contributed by atoms with Gasteiger partial charge in [-0.25, -0.2) is 8.42 Å². The Morgan fingerprint density at radius 1 is 1.00 bits per heavy atom. The number of piperazine rings is 1. The number of ether oxygens (including phenoxy) is 2. The molecular formula is C21H26N2O5S. The first-order valence-electron chi connectivity index (χ1n) is 9.39. The molecule has 2 aromatic carbocycles. The molecule has 156 valence electrons. The Bertz CT molecular complexity index is 982. The van der Waals surface area contributed by atoms with Gasteiger partial charge in [0.05, 0.1) is 19.1 Å². The number of methoxy groups -OCH3 is 2. The summed E-state index contributed by atoms with van der Waals surface area (Å²) in [6, 6.07) is 11.9. The number of hydrogen-bond donors (Lipinski definition) is 0. The van der Waals surface area contributed by atoms with E-state index < -0.39 is 10.0 Å². The zero-order valence-electron chi connectivity index (χ0n) is 16.9. The first-order chi connectivity index (χ1) is 13.8. The van der Waals surface area contributed by atoms with Gasteiger partial charge in [-0.1, -0.05) is 12.1 Å². The normalized spacial score (nSPS) is 15.8. The molecule has 0 aliphatic carbocycles. The minimum Gasteiger partial charge on any atom is -0.497 e. The third-order valence-corrected chi connectivity index (χ3v) is 6.99. The van der Waals surface area contributed by atoms with Crippen molar-refractivity contribution in [2.75, 3.05) is 40.4 Å². The second-order valence-corrected chi connectivity index (χ2v) is 8.88. The first kappa shape index (κ1) is 21.3. The Balaban J connectivity index is 1.69. The van der Waals surface area contributed by atoms with Crippen LogP contribution in [-0.4, -0.2) is 63.8 Å². The third-order valence-electron chi connectivity index (χ3n) is 5.09. The van der Waals surface area contributed by atoms with Crippen LogP contribution >= 0.6 is 0 Å². The summed E-state index contributed by atoms with van der Waals surface area (Å²) < 4.78 is 38.1. The molecule has 1 aliphatic rings. The summed E-state index contributed by atoms with van der Waals surface area (Å²) in [5, 5.41) is 0. The maximum absolute atomic E-state index is 13.0. The van der Waals surface area contributed by atoms with E-state index in [-0.39, 0.29) is 10.7 Å². The van der Waals surface area contributed by atoms with E-state index >= 15 is 0 Å². The van der Waals surface area contributed by atoms with E-state index in [4.69, 9.17) is 9.47 Å². The molecule has 0 aromatic heterocycles. The van der Waals surface area contributed by atoms with E-state index in [1.807, 2.05) is 18.2 Å². The molecule has 1 saturated heterocycles. The Hall–Kier alpha value is -2.42. The van der Waals surface area contributed by atoms with Crippen LogP contribution in [0.1, 0.15) is 22.8 Å². The topological polar surface area (TPSA) is 76.2 Å². The average Bonchev–Trinajstić information content (AvgIpc) is 2.74. The molecular weight excluding hydrogens is 392 g/mol. The standard InChI is InChI=1S/C21H26N2O5S/c1-16(24)17-5-4-6-20(14-17)29(25,26)23-11-9-22(10-12-23)15-18-13-19(27-2)7-8-21(18)28-3/h4-8,13-14H,9-12,15H2,1-3H3. The van der Waals surface area contributed by atoms with Crippen LogP contribution in [0, 0.1) is 0 Å². The summed E-state index contributed by atoms with van der Waals surface area (Å²) in [4.78, 5) is 13.9. The maximum atomic E-state index is 13.0. The summed E-state index contributed by atoms with van der Waals surface area (Å²) in [5.74, 6) is 1.38. The van der Waals surface area contributed by atoms with Crippen molar-refractivity contribution in [3.05, 3.63) is 53.6 Å². The highest BCUT2D eigenvalue weighted by Crippen LogP contribution is 2.26. The lowest BCUT2D eigenvalue weighted by molar-refractivity contribution is 0.101. The second kappa shape index (κ2) is 8.94. The molecule has 1 fully saturated rings. The van der Waals surface area contributed by atoms with Crippen LogP contribution in [0.15, 0.2) is 47.4 Å². The van der Waals surface area contributed by atoms with Gasteiger partial charge in [0.25, 0.3) is 0 Å². The number of carbonyl (C=O) groups excluding carboxylic acids is 1. The molecule has 0 amide bonds. The Labute approximate surface area is 171 Å². The lowest BCUT2D eigenvalue weighted by Gasteiger charge is -2.34. The number of ketones is 1. The van der Waals surface area contributed by atoms with Gasteiger partial charge in [-0.05, 0) is 37.3 Å². The van der Waals surface area contributed by atoms with Crippen molar-refractivity contribution in [1.82, 2.24) is 9.21 Å². The largest absolute Gasteiger partial charge is 0.497 e. The van der Waals surface area contributed by atoms with Crippen molar-refractivity contribution in [3.8, 4) is 11.5 Å². The lowest BCUT2D eigenvalue weighted by atomic mass is 10.1. The molecule has 0 radical (unpaired) electrons. The zero-order valence-corrected chi connectivity index (χ0v) is 17.7. The smallest absolute Gasteiger partial charge is 0.243 e. The summed E-state index contributed by atoms with van der Waals surface area (Å²) in [6.45, 7) is 4.06. The Morgan fingerprint density at radius 2 is 1.72 bits per heavy atom. The van der Waals surface area contributed by atoms with Gasteiger partial charge in [0.15, 0.2) is 5.78 Å². The maximum Gasteiger partial charge on any atom is 0.243 e. The SMILES string of the molecule is COc1ccc(OC)c(CN2CCN(S(=O)(=O)c3cccc(C(C)=O)c3)CC2)c1. The Kier molecular flexibility index (Phi) is 6.56. The van der Waals surface area contributed by atoms with Crippen molar-refractivity contribution in [2.45, 2.75) is 18.4 Å². The number of hydrogen-bond acceptors (Lipinski definition) is 6. The van der Waals surface area contributed by atoms with Gasteiger partial charge < -0.3 is 9.47 Å². The van der Waals surface area contributed by atoms with Crippen molar-refractivity contribution in [2.24, 2.45) is 0 Å². The average molecular weight is 419 g/mol. The van der Waals surface area contributed by atoms with E-state index in [1.54, 1.807) is 26.4 Å². The monoisotopic (exact) mass is 418 g/mol. The molecule has 1 heterocycles. The zero-order chi connectivity index (χ0) is 21.0. The van der Waals surface area contributed by atoms with Crippen molar-refractivity contribution in [1.29, 1.82) is 0 Å². The van der Waals surface area contributed by atoms with Crippen LogP contribution in [0.5, 0.6) is 11.5 Å². The van der Waals surface area contributed by atoms with Crippen LogP contribution in [0.4, 0.5) is 0 Å². The minimum absolute atomic E-state index is 0.154. The molecule has 0 N–H and O–H groups in total. The molecule has 29 heavy (non-hydrogen) atoms. The summed E-state index contributed by atoms with van der Waals surface area (Å²) in [7, 11) is -0.377. The molecule has 0 atom stereocenters. The fraction of sp³-hybridized carbons (Fsp3) is 0.381. The highest BCUT2D eigenvalue weighted by atomic mass is 32.2. The molecule has 1 aliphatic heterocycles. The Morgan fingerprint density at radius 3 is 2.34 bits per heavy atom. The molecule has 0 bridgehead atoms. The van der Waals surface area contributed by atoms with Crippen LogP contribution in [0.25, 0.3) is 0 Å². The quantitative estimate of drug-likeness (QED) is 0.643. The number of rotatable bonds is 7. The van der Waals surface area contributed by atoms with Crippen molar-refractivity contribution in [3.63, 3.8) is 0 Å². The van der Waals surface area contributed by atoms with Gasteiger partial charge in [-0.15, -0.1) is 0 Å². The highest BCUT2D eigenvalue weighted by Gasteiger charge is 2.29. The third kappa shape index (κ3) is 4.77. The number of Topliss-reactive ketones (excluding diaryl/α,β-unsaturated/α-hetero) is 1. The lowest BCUT2D eigenvalue weighted by Crippen LogP contribution is -2.48. The van der Waals surface area contributed by atoms with Crippen LogP contribution in [0.3, 0.4) is 0 Å². The molecule has 8 heteroatoms. The number of sulfonamides is 1. The van der Waals surface area contributed by atoms with Crippen molar-refractivity contribution >= 4 is 15.8 Å². The van der Waals surface area contributed by atoms with Gasteiger partial charge in [0, 0.05) is 43.9 Å². The highest BCUT2D eigenvalue weighted by molar-refractivity contribution is 7.89. The predicted molar refractivity (Wildman–Crippen MR) is 110 cm³/mol. The number of carbonyl (C=O) groups is 1. The summed E-state index contributed by atoms with van der Waals surface area (Å²) >= 11 is 0. The molecule has 3 rings (SSSR count). The molecule has 0 unspecified atom stereocenters.